The van der Waals surface area contributed by atoms with Crippen LogP contribution in [0.2, 0.25) is 0 Å². The number of allylic oxidation sites excluding steroid dienone is 3. The van der Waals surface area contributed by atoms with E-state index in [9.17, 15) is 4.79 Å². The number of carbonyl (C=O) groups excluding carboxylic acids is 1. The minimum atomic E-state index is 0.0527. The van der Waals surface area contributed by atoms with Gasteiger partial charge in [0.25, 0.3) is 0 Å². The van der Waals surface area contributed by atoms with E-state index < -0.39 is 0 Å². The van der Waals surface area contributed by atoms with E-state index >= 15 is 0 Å². The predicted octanol–water partition coefficient (Wildman–Crippen LogP) is 3.19. The average Bonchev–Trinajstić information content (AvgIpc) is 2.68. The Morgan fingerprint density at radius 2 is 1.93 bits per heavy atom. The lowest BCUT2D eigenvalue weighted by Crippen LogP contribution is -2.36. The summed E-state index contributed by atoms with van der Waals surface area (Å²) in [5, 5.41) is 6.64. The van der Waals surface area contributed by atoms with E-state index in [1.54, 1.807) is 30.2 Å². The molecule has 0 aromatic rings. The van der Waals surface area contributed by atoms with Gasteiger partial charge in [-0.05, 0) is 57.8 Å². The largest absolute Gasteiger partial charge is 0.386 e. The van der Waals surface area contributed by atoms with Crippen molar-refractivity contribution in [2.24, 2.45) is 11.7 Å². The van der Waals surface area contributed by atoms with Crippen molar-refractivity contribution >= 4 is 17.9 Å². The van der Waals surface area contributed by atoms with E-state index in [2.05, 4.69) is 35.8 Å². The summed E-state index contributed by atoms with van der Waals surface area (Å²) in [5.74, 6) is 0.636. The van der Waals surface area contributed by atoms with Crippen molar-refractivity contribution in [1.29, 1.82) is 0 Å². The maximum atomic E-state index is 12.6. The number of carbonyl (C=O) groups is 1. The quantitative estimate of drug-likeness (QED) is 0.292. The van der Waals surface area contributed by atoms with Crippen LogP contribution in [0, 0.1) is 5.92 Å². The minimum Gasteiger partial charge on any atom is -0.386 e. The van der Waals surface area contributed by atoms with E-state index in [1.807, 2.05) is 13.8 Å². The fourth-order valence-electron chi connectivity index (χ4n) is 2.95. The van der Waals surface area contributed by atoms with Crippen molar-refractivity contribution in [2.45, 2.75) is 70.8 Å². The van der Waals surface area contributed by atoms with Crippen molar-refractivity contribution in [3.63, 3.8) is 0 Å². The maximum absolute atomic E-state index is 12.6. The molecule has 28 heavy (non-hydrogen) atoms. The Bertz CT molecular complexity index is 541. The summed E-state index contributed by atoms with van der Waals surface area (Å²) in [6.45, 7) is 13.4. The molecule has 0 saturated heterocycles. The molecule has 0 unspecified atom stereocenters. The summed E-state index contributed by atoms with van der Waals surface area (Å²) in [7, 11) is 0. The summed E-state index contributed by atoms with van der Waals surface area (Å²) in [5.41, 5.74) is 6.61. The Kier molecular flexibility index (Phi) is 12.0. The predicted molar refractivity (Wildman–Crippen MR) is 119 cm³/mol. The van der Waals surface area contributed by atoms with Gasteiger partial charge in [0.2, 0.25) is 5.91 Å². The van der Waals surface area contributed by atoms with Crippen LogP contribution in [0.4, 0.5) is 0 Å². The van der Waals surface area contributed by atoms with Gasteiger partial charge in [0.1, 0.15) is 0 Å². The Morgan fingerprint density at radius 3 is 2.50 bits per heavy atom. The highest BCUT2D eigenvalue weighted by Crippen LogP contribution is 2.26. The van der Waals surface area contributed by atoms with Crippen LogP contribution in [0.5, 0.6) is 0 Å². The zero-order chi connectivity index (χ0) is 20.9. The first-order valence-corrected chi connectivity index (χ1v) is 11.1. The number of nitrogens with one attached hydrogen (secondary N) is 3. The van der Waals surface area contributed by atoms with Gasteiger partial charge in [0.15, 0.2) is 0 Å². The van der Waals surface area contributed by atoms with Crippen LogP contribution in [0.15, 0.2) is 36.3 Å². The molecule has 1 rings (SSSR count). The van der Waals surface area contributed by atoms with Gasteiger partial charge in [-0.3, -0.25) is 9.52 Å². The van der Waals surface area contributed by atoms with E-state index in [0.717, 1.165) is 25.7 Å². The topological polar surface area (TPSA) is 88.4 Å². The Hall–Kier alpha value is -1.44. The van der Waals surface area contributed by atoms with Gasteiger partial charge in [-0.1, -0.05) is 32.4 Å². The molecule has 0 aromatic carbocycles. The van der Waals surface area contributed by atoms with Crippen molar-refractivity contribution in [3.8, 4) is 0 Å². The first-order chi connectivity index (χ1) is 13.3. The second kappa shape index (κ2) is 13.7. The molecular weight excluding hydrogens is 372 g/mol. The van der Waals surface area contributed by atoms with E-state index in [-0.39, 0.29) is 17.9 Å². The van der Waals surface area contributed by atoms with Gasteiger partial charge in [0, 0.05) is 36.1 Å². The highest BCUT2D eigenvalue weighted by atomic mass is 32.2. The van der Waals surface area contributed by atoms with Crippen LogP contribution in [0.1, 0.15) is 53.4 Å². The van der Waals surface area contributed by atoms with Crippen LogP contribution >= 0.6 is 11.9 Å². The molecule has 0 bridgehead atoms. The van der Waals surface area contributed by atoms with E-state index in [4.69, 9.17) is 10.5 Å². The molecule has 0 aliphatic heterocycles. The molecule has 1 aliphatic rings. The summed E-state index contributed by atoms with van der Waals surface area (Å²) < 4.78 is 8.97. The van der Waals surface area contributed by atoms with E-state index in [1.165, 1.54) is 0 Å². The first kappa shape index (κ1) is 24.6. The molecule has 0 spiro atoms. The number of hydrogen-bond donors (Lipinski definition) is 4. The molecule has 1 atom stereocenters. The second-order valence-corrected chi connectivity index (χ2v) is 8.83. The van der Waals surface area contributed by atoms with Gasteiger partial charge in [-0.2, -0.15) is 0 Å². The third kappa shape index (κ3) is 10.2. The molecule has 1 saturated carbocycles. The molecular formula is C21H38N4O2S. The van der Waals surface area contributed by atoms with E-state index in [0.29, 0.717) is 36.0 Å². The average molecular weight is 411 g/mol. The van der Waals surface area contributed by atoms with Crippen LogP contribution in [0.3, 0.4) is 0 Å². The fraction of sp³-hybridized carbons (Fsp3) is 0.667. The smallest absolute Gasteiger partial charge is 0.227 e. The third-order valence-corrected chi connectivity index (χ3v) is 5.48. The molecule has 7 heteroatoms. The van der Waals surface area contributed by atoms with Gasteiger partial charge in [0.05, 0.1) is 11.9 Å². The van der Waals surface area contributed by atoms with Crippen molar-refractivity contribution < 1.29 is 9.53 Å². The Balaban J connectivity index is 2.44. The zero-order valence-corrected chi connectivity index (χ0v) is 18.6. The van der Waals surface area contributed by atoms with Crippen LogP contribution < -0.4 is 21.1 Å². The lowest BCUT2D eigenvalue weighted by atomic mass is 9.86. The standard InChI is InChI=1S/C21H38N4O2S/c1-6-18(12-13-20(22)23-14-16(5)27-7-2)24-21(26)17-8-10-19(11-9-17)25-28-15(3)4/h6,12-13,15-17,19,23,25H,1,7-11,14,22H2,2-5H3,(H,24,26)/b18-12+,20-13+/t16-,17?,19?/m0/s1. The van der Waals surface area contributed by atoms with Crippen LogP contribution in [-0.4, -0.2) is 36.5 Å². The van der Waals surface area contributed by atoms with Gasteiger partial charge in [-0.25, -0.2) is 0 Å². The molecule has 1 aliphatic carbocycles. The summed E-state index contributed by atoms with van der Waals surface area (Å²) in [6, 6.07) is 0.499. The second-order valence-electron chi connectivity index (χ2n) is 7.42. The lowest BCUT2D eigenvalue weighted by molar-refractivity contribution is -0.125. The molecule has 0 radical (unpaired) electrons. The number of amides is 1. The zero-order valence-electron chi connectivity index (χ0n) is 17.8. The molecule has 0 heterocycles. The summed E-state index contributed by atoms with van der Waals surface area (Å²) in [4.78, 5) is 12.6. The minimum absolute atomic E-state index is 0.0527. The highest BCUT2D eigenvalue weighted by Gasteiger charge is 2.26. The number of hydrogen-bond acceptors (Lipinski definition) is 6. The van der Waals surface area contributed by atoms with Gasteiger partial charge in [-0.15, -0.1) is 0 Å². The maximum Gasteiger partial charge on any atom is 0.227 e. The van der Waals surface area contributed by atoms with Crippen LogP contribution in [0.25, 0.3) is 0 Å². The normalized spacial score (nSPS) is 22.0. The van der Waals surface area contributed by atoms with Crippen molar-refractivity contribution in [3.05, 3.63) is 36.3 Å². The summed E-state index contributed by atoms with van der Waals surface area (Å²) >= 11 is 1.77. The number of ether oxygens (including phenoxy) is 1. The molecule has 6 nitrogen and oxygen atoms in total. The van der Waals surface area contributed by atoms with Crippen molar-refractivity contribution in [1.82, 2.24) is 15.4 Å². The summed E-state index contributed by atoms with van der Waals surface area (Å²) in [6.07, 6.45) is 9.09. The SMILES string of the molecule is C=C/C(=C\C=C(/N)NC[C@H](C)OCC)NC(=O)C1CCC(NSC(C)C)CC1. The monoisotopic (exact) mass is 410 g/mol. The molecule has 5 N–H and O–H groups in total. The highest BCUT2D eigenvalue weighted by molar-refractivity contribution is 7.98. The molecule has 1 fully saturated rings. The number of nitrogens with two attached hydrogens (primary N) is 1. The fourth-order valence-corrected chi connectivity index (χ4v) is 3.65. The first-order valence-electron chi connectivity index (χ1n) is 10.2. The molecule has 160 valence electrons. The molecule has 1 amide bonds. The Labute approximate surface area is 174 Å². The van der Waals surface area contributed by atoms with Gasteiger partial charge < -0.3 is 21.1 Å². The van der Waals surface area contributed by atoms with Crippen LogP contribution in [-0.2, 0) is 9.53 Å². The Morgan fingerprint density at radius 1 is 1.25 bits per heavy atom. The molecule has 0 aromatic heterocycles. The van der Waals surface area contributed by atoms with Gasteiger partial charge >= 0.3 is 0 Å². The van der Waals surface area contributed by atoms with Crippen molar-refractivity contribution in [2.75, 3.05) is 13.2 Å². The number of rotatable bonds is 12. The third-order valence-electron chi connectivity index (χ3n) is 4.54. The lowest BCUT2D eigenvalue weighted by Gasteiger charge is -2.28.